The van der Waals surface area contributed by atoms with Gasteiger partial charge < -0.3 is 103 Å². The van der Waals surface area contributed by atoms with Gasteiger partial charge in [0.2, 0.25) is 70.9 Å². The summed E-state index contributed by atoms with van der Waals surface area (Å²) in [4.78, 5) is 179. The number of nitrogens with two attached hydrogens (primary N) is 5. The van der Waals surface area contributed by atoms with Crippen LogP contribution in [0.25, 0.3) is 0 Å². The van der Waals surface area contributed by atoms with Crippen molar-refractivity contribution in [3.8, 4) is 0 Å². The summed E-state index contributed by atoms with van der Waals surface area (Å²) in [6.45, 7) is 25.7. The summed E-state index contributed by atoms with van der Waals surface area (Å²) in [5, 5.41) is 52.1. The first-order chi connectivity index (χ1) is 46.3. The fourth-order valence-electron chi connectivity index (χ4n) is 10.5. The molecule has 0 fully saturated rings. The van der Waals surface area contributed by atoms with Gasteiger partial charge in [-0.2, -0.15) is 0 Å². The molecule has 12 amide bonds. The molecule has 0 saturated carbocycles. The minimum atomic E-state index is -1.69. The van der Waals surface area contributed by atoms with Gasteiger partial charge >= 0.3 is 5.97 Å². The van der Waals surface area contributed by atoms with Crippen molar-refractivity contribution in [2.24, 2.45) is 64.2 Å². The van der Waals surface area contributed by atoms with Gasteiger partial charge in [-0.05, 0) is 172 Å². The second-order valence-electron chi connectivity index (χ2n) is 28.2. The number of nitrogens with one attached hydrogen (secondary N) is 12. The Kier molecular flexibility index (Phi) is 45.1. The van der Waals surface area contributed by atoms with E-state index >= 15 is 0 Å². The maximum absolute atomic E-state index is 14.3. The highest BCUT2D eigenvalue weighted by atomic mass is 16.4. The van der Waals surface area contributed by atoms with Crippen molar-refractivity contribution in [2.45, 2.75) is 285 Å². The maximum Gasteiger partial charge on any atom is 0.326 e. The molecule has 0 radical (unpaired) electrons. The van der Waals surface area contributed by atoms with Crippen LogP contribution in [-0.4, -0.2) is 198 Å². The Hall–Kier alpha value is -7.13. The lowest BCUT2D eigenvalue weighted by atomic mass is 9.97. The van der Waals surface area contributed by atoms with Crippen molar-refractivity contribution in [3.63, 3.8) is 0 Å². The molecule has 14 atom stereocenters. The van der Waals surface area contributed by atoms with Crippen LogP contribution in [0.4, 0.5) is 0 Å². The molecule has 32 heteroatoms. The van der Waals surface area contributed by atoms with Crippen LogP contribution in [-0.2, 0) is 62.3 Å². The zero-order valence-electron chi connectivity index (χ0n) is 61.6. The Morgan fingerprint density at radius 3 is 0.828 bits per heavy atom. The highest BCUT2D eigenvalue weighted by Gasteiger charge is 2.39. The van der Waals surface area contributed by atoms with Gasteiger partial charge in [0.25, 0.3) is 0 Å². The molecule has 0 rings (SSSR count). The van der Waals surface area contributed by atoms with Crippen LogP contribution in [0.5, 0.6) is 0 Å². The van der Waals surface area contributed by atoms with Gasteiger partial charge in [0.05, 0.1) is 12.1 Å². The molecule has 32 nitrogen and oxygen atoms in total. The molecular formula is C67H127N17O15. The second kappa shape index (κ2) is 48.6. The molecule has 0 aliphatic carbocycles. The molecule has 0 heterocycles. The summed E-state index contributed by atoms with van der Waals surface area (Å²) in [5.41, 5.74) is 29.1. The first-order valence-corrected chi connectivity index (χ1v) is 35.4. The van der Waals surface area contributed by atoms with E-state index in [1.54, 1.807) is 69.2 Å². The Morgan fingerprint density at radius 1 is 0.283 bits per heavy atom. The van der Waals surface area contributed by atoms with Gasteiger partial charge in [-0.3, -0.25) is 57.5 Å². The van der Waals surface area contributed by atoms with Gasteiger partial charge in [0.1, 0.15) is 72.5 Å². The molecule has 0 aromatic heterocycles. The molecule has 0 saturated heterocycles. The predicted molar refractivity (Wildman–Crippen MR) is 376 cm³/mol. The monoisotopic (exact) mass is 1410 g/mol. The number of hydrogen-bond acceptors (Lipinski definition) is 19. The van der Waals surface area contributed by atoms with Gasteiger partial charge in [0.15, 0.2) is 0 Å². The summed E-state index contributed by atoms with van der Waals surface area (Å²) in [6, 6.07) is -16.4. The van der Waals surface area contributed by atoms with Gasteiger partial charge in [-0.25, -0.2) is 4.79 Å². The lowest BCUT2D eigenvalue weighted by molar-refractivity contribution is -0.143. The molecule has 0 spiro atoms. The predicted octanol–water partition coefficient (Wildman–Crippen LogP) is -1.74. The van der Waals surface area contributed by atoms with E-state index in [1.165, 1.54) is 20.8 Å². The summed E-state index contributed by atoms with van der Waals surface area (Å²) >= 11 is 0. The van der Waals surface area contributed by atoms with Crippen LogP contribution in [0, 0.1) is 35.5 Å². The SMILES string of the molecule is CC(C)C[C@H](NC(=O)[C@@H](NC(=O)[C@H](CCCCN)NC(=O)[C@H](CCCCN)NC(=O)[C@H](CCCCN)NC(=O)[C@@H](N)CCCCN)C(C)C)C(=O)N[C@@H](C)C(=O)N[C@@H](C)C(=O)N[C@H](C(=O)N[C@@H](CC(C)C)C(=O)N[C@H](C(=O)N[C@@H](CC(C)C)C(=O)N[C@H](C(=O)O)C(C)C)C(C)C)[C@@H](C)O. The van der Waals surface area contributed by atoms with Crippen molar-refractivity contribution >= 4 is 76.9 Å². The average Bonchev–Trinajstić information content (AvgIpc) is 0.862. The topological polar surface area (TPSA) is 537 Å². The molecule has 0 aromatic carbocycles. The molecule has 99 heavy (non-hydrogen) atoms. The van der Waals surface area contributed by atoms with Gasteiger partial charge in [-0.1, -0.05) is 89.5 Å². The van der Waals surface area contributed by atoms with Gasteiger partial charge in [0, 0.05) is 0 Å². The van der Waals surface area contributed by atoms with Crippen molar-refractivity contribution < 1.29 is 72.5 Å². The molecular weight excluding hydrogens is 1280 g/mol. The Labute approximate surface area is 586 Å². The van der Waals surface area contributed by atoms with E-state index in [0.717, 1.165) is 0 Å². The largest absolute Gasteiger partial charge is 0.480 e. The zero-order valence-corrected chi connectivity index (χ0v) is 61.6. The minimum absolute atomic E-state index is 0.0259. The van der Waals surface area contributed by atoms with Crippen LogP contribution >= 0.6 is 0 Å². The third-order valence-electron chi connectivity index (χ3n) is 16.4. The highest BCUT2D eigenvalue weighted by molar-refractivity contribution is 5.99. The van der Waals surface area contributed by atoms with E-state index < -0.39 is 179 Å². The van der Waals surface area contributed by atoms with E-state index in [1.807, 2.05) is 13.8 Å². The molecule has 0 unspecified atom stereocenters. The van der Waals surface area contributed by atoms with E-state index in [0.29, 0.717) is 77.4 Å². The van der Waals surface area contributed by atoms with Crippen molar-refractivity contribution in [1.82, 2.24) is 63.8 Å². The number of amides is 12. The number of carboxylic acid groups (broad SMARTS) is 1. The summed E-state index contributed by atoms with van der Waals surface area (Å²) < 4.78 is 0. The minimum Gasteiger partial charge on any atom is -0.480 e. The zero-order chi connectivity index (χ0) is 76.0. The normalized spacial score (nSPS) is 15.8. The number of unbranched alkanes of at least 4 members (excludes halogenated alkanes) is 4. The van der Waals surface area contributed by atoms with E-state index in [-0.39, 0.29) is 62.8 Å². The Morgan fingerprint density at radius 2 is 0.525 bits per heavy atom. The number of carbonyl (C=O) groups is 13. The quantitative estimate of drug-likeness (QED) is 0.0301. The number of aliphatic hydroxyl groups excluding tert-OH is 1. The first kappa shape index (κ1) is 91.9. The van der Waals surface area contributed by atoms with Crippen LogP contribution in [0.2, 0.25) is 0 Å². The van der Waals surface area contributed by atoms with Crippen molar-refractivity contribution in [1.29, 1.82) is 0 Å². The number of carboxylic acids is 1. The second-order valence-corrected chi connectivity index (χ2v) is 28.2. The summed E-state index contributed by atoms with van der Waals surface area (Å²) in [5.74, 6) is -12.7. The first-order valence-electron chi connectivity index (χ1n) is 35.4. The molecule has 0 bridgehead atoms. The van der Waals surface area contributed by atoms with E-state index in [4.69, 9.17) is 28.7 Å². The van der Waals surface area contributed by atoms with Crippen LogP contribution in [0.1, 0.15) is 200 Å². The molecule has 0 aliphatic rings. The van der Waals surface area contributed by atoms with Crippen LogP contribution < -0.4 is 92.5 Å². The average molecular weight is 1410 g/mol. The number of carbonyl (C=O) groups excluding carboxylic acids is 12. The third kappa shape index (κ3) is 36.2. The maximum atomic E-state index is 14.3. The standard InChI is InChI=1S/C67H127N17O15/c1-35(2)32-48(78-64(95)51(38(7)8)81-60(91)47(27-19-23-31-71)77-59(90)46(26-18-22-30-70)76-58(89)45(25-17-21-29-69)75-57(88)44(72)24-16-20-28-68)61(92)74-41(13)55(86)73-42(14)56(87)84-54(43(15)85)66(97)80-49(33-36(3)4)62(93)82-52(39(9)10)65(96)79-50(34-37(5)6)63(94)83-53(40(11)12)67(98)99/h35-54,85H,16-34,68-72H2,1-15H3,(H,73,86)(H,74,92)(H,75,88)(H,76,89)(H,77,90)(H,78,95)(H,79,96)(H,80,97)(H,81,91)(H,82,93)(H,83,94)(H,84,87)(H,98,99)/t41-,42-,43+,44-,45-,46-,47-,48-,49-,50-,51-,52-,53-,54-/m0/s1. The fourth-order valence-corrected chi connectivity index (χ4v) is 10.5. The molecule has 0 aromatic rings. The molecule has 24 N–H and O–H groups in total. The third-order valence-corrected chi connectivity index (χ3v) is 16.4. The smallest absolute Gasteiger partial charge is 0.326 e. The van der Waals surface area contributed by atoms with Crippen LogP contribution in [0.15, 0.2) is 0 Å². The number of aliphatic carboxylic acids is 1. The van der Waals surface area contributed by atoms with Crippen LogP contribution in [0.3, 0.4) is 0 Å². The summed E-state index contributed by atoms with van der Waals surface area (Å²) in [6.07, 6.45) is 3.45. The highest BCUT2D eigenvalue weighted by Crippen LogP contribution is 2.16. The number of hydrogen-bond donors (Lipinski definition) is 19. The summed E-state index contributed by atoms with van der Waals surface area (Å²) in [7, 11) is 0. The molecule has 570 valence electrons. The van der Waals surface area contributed by atoms with Crippen molar-refractivity contribution in [2.75, 3.05) is 26.2 Å². The number of rotatable bonds is 51. The molecule has 0 aliphatic heterocycles. The van der Waals surface area contributed by atoms with E-state index in [2.05, 4.69) is 63.8 Å². The lowest BCUT2D eigenvalue weighted by Gasteiger charge is -2.30. The van der Waals surface area contributed by atoms with Gasteiger partial charge in [-0.15, -0.1) is 0 Å². The van der Waals surface area contributed by atoms with E-state index in [9.17, 15) is 72.5 Å². The Bertz CT molecular complexity index is 2560. The lowest BCUT2D eigenvalue weighted by Crippen LogP contribution is -2.62. The Balaban J connectivity index is 6.49. The number of aliphatic hydroxyl groups is 1. The fraction of sp³-hybridized carbons (Fsp3) is 0.806. The van der Waals surface area contributed by atoms with Crippen molar-refractivity contribution in [3.05, 3.63) is 0 Å².